The van der Waals surface area contributed by atoms with Crippen molar-refractivity contribution >= 4 is 15.9 Å². The standard InChI is InChI=1S/C15H28BrN3/c1-7-15(5,10-17-9-11(2)3)8-13-14(16)12(4)18-19(13)6/h11,17H,7-10H2,1-6H3. The Morgan fingerprint density at radius 1 is 1.42 bits per heavy atom. The van der Waals surface area contributed by atoms with Crippen LogP contribution >= 0.6 is 15.9 Å². The molecule has 1 unspecified atom stereocenters. The topological polar surface area (TPSA) is 29.9 Å². The average molecular weight is 330 g/mol. The molecule has 110 valence electrons. The number of nitrogens with one attached hydrogen (secondary N) is 1. The largest absolute Gasteiger partial charge is 0.316 e. The Hall–Kier alpha value is -0.350. The Morgan fingerprint density at radius 2 is 2.05 bits per heavy atom. The van der Waals surface area contributed by atoms with Gasteiger partial charge in [0.25, 0.3) is 0 Å². The number of aromatic nitrogens is 2. The van der Waals surface area contributed by atoms with E-state index in [0.29, 0.717) is 5.92 Å². The van der Waals surface area contributed by atoms with Crippen molar-refractivity contribution in [3.8, 4) is 0 Å². The van der Waals surface area contributed by atoms with Gasteiger partial charge in [-0.25, -0.2) is 0 Å². The van der Waals surface area contributed by atoms with Crippen LogP contribution in [0.3, 0.4) is 0 Å². The molecule has 4 heteroatoms. The highest BCUT2D eigenvalue weighted by atomic mass is 79.9. The third-order valence-corrected chi connectivity index (χ3v) is 4.85. The van der Waals surface area contributed by atoms with Gasteiger partial charge >= 0.3 is 0 Å². The fraction of sp³-hybridized carbons (Fsp3) is 0.800. The zero-order chi connectivity index (χ0) is 14.6. The average Bonchev–Trinajstić information content (AvgIpc) is 2.55. The summed E-state index contributed by atoms with van der Waals surface area (Å²) in [6, 6.07) is 0. The Bertz CT molecular complexity index is 412. The highest BCUT2D eigenvalue weighted by molar-refractivity contribution is 9.10. The van der Waals surface area contributed by atoms with E-state index in [-0.39, 0.29) is 5.41 Å². The lowest BCUT2D eigenvalue weighted by Crippen LogP contribution is -2.35. The Labute approximate surface area is 126 Å². The molecule has 1 aromatic heterocycles. The van der Waals surface area contributed by atoms with Crippen molar-refractivity contribution in [2.75, 3.05) is 13.1 Å². The molecule has 1 aromatic rings. The van der Waals surface area contributed by atoms with E-state index in [4.69, 9.17) is 0 Å². The van der Waals surface area contributed by atoms with Crippen LogP contribution in [0.15, 0.2) is 4.47 Å². The third-order valence-electron chi connectivity index (χ3n) is 3.81. The monoisotopic (exact) mass is 329 g/mol. The molecule has 1 atom stereocenters. The van der Waals surface area contributed by atoms with Gasteiger partial charge in [-0.3, -0.25) is 4.68 Å². The van der Waals surface area contributed by atoms with Gasteiger partial charge in [-0.1, -0.05) is 27.7 Å². The summed E-state index contributed by atoms with van der Waals surface area (Å²) >= 11 is 3.67. The summed E-state index contributed by atoms with van der Waals surface area (Å²) in [6.45, 7) is 13.3. The van der Waals surface area contributed by atoms with Gasteiger partial charge in [0, 0.05) is 13.6 Å². The third kappa shape index (κ3) is 4.60. The van der Waals surface area contributed by atoms with Crippen molar-refractivity contribution in [1.29, 1.82) is 0 Å². The molecule has 0 aliphatic carbocycles. The predicted octanol–water partition coefficient (Wildman–Crippen LogP) is 3.70. The van der Waals surface area contributed by atoms with Crippen LogP contribution in [-0.2, 0) is 13.5 Å². The van der Waals surface area contributed by atoms with Gasteiger partial charge in [-0.15, -0.1) is 0 Å². The van der Waals surface area contributed by atoms with Gasteiger partial charge in [0.1, 0.15) is 0 Å². The van der Waals surface area contributed by atoms with E-state index in [1.165, 1.54) is 10.2 Å². The highest BCUT2D eigenvalue weighted by Gasteiger charge is 2.26. The van der Waals surface area contributed by atoms with E-state index in [1.54, 1.807) is 0 Å². The summed E-state index contributed by atoms with van der Waals surface area (Å²) in [4.78, 5) is 0. The van der Waals surface area contributed by atoms with Gasteiger partial charge in [0.05, 0.1) is 15.9 Å². The molecule has 3 nitrogen and oxygen atoms in total. The van der Waals surface area contributed by atoms with E-state index >= 15 is 0 Å². The van der Waals surface area contributed by atoms with Crippen LogP contribution in [0.2, 0.25) is 0 Å². The second-order valence-electron chi connectivity index (χ2n) is 6.34. The zero-order valence-electron chi connectivity index (χ0n) is 13.2. The van der Waals surface area contributed by atoms with Crippen LogP contribution in [0.25, 0.3) is 0 Å². The van der Waals surface area contributed by atoms with Crippen molar-refractivity contribution in [3.63, 3.8) is 0 Å². The van der Waals surface area contributed by atoms with Crippen LogP contribution in [0, 0.1) is 18.3 Å². The molecule has 1 rings (SSSR count). The predicted molar refractivity (Wildman–Crippen MR) is 85.5 cm³/mol. The van der Waals surface area contributed by atoms with Gasteiger partial charge in [0.2, 0.25) is 0 Å². The Balaban J connectivity index is 2.74. The molecule has 0 amide bonds. The summed E-state index contributed by atoms with van der Waals surface area (Å²) < 4.78 is 3.18. The summed E-state index contributed by atoms with van der Waals surface area (Å²) in [7, 11) is 2.03. The van der Waals surface area contributed by atoms with E-state index in [2.05, 4.69) is 54.0 Å². The van der Waals surface area contributed by atoms with Crippen molar-refractivity contribution in [2.45, 2.75) is 47.5 Å². The normalized spacial score (nSPS) is 14.9. The number of hydrogen-bond donors (Lipinski definition) is 1. The van der Waals surface area contributed by atoms with E-state index in [0.717, 1.165) is 31.6 Å². The van der Waals surface area contributed by atoms with Gasteiger partial charge in [0.15, 0.2) is 0 Å². The number of halogens is 1. The fourth-order valence-corrected chi connectivity index (χ4v) is 2.73. The maximum absolute atomic E-state index is 4.49. The number of hydrogen-bond acceptors (Lipinski definition) is 2. The summed E-state index contributed by atoms with van der Waals surface area (Å²) in [6.07, 6.45) is 2.21. The maximum Gasteiger partial charge on any atom is 0.0738 e. The van der Waals surface area contributed by atoms with Crippen LogP contribution in [-0.4, -0.2) is 22.9 Å². The van der Waals surface area contributed by atoms with E-state index < -0.39 is 0 Å². The van der Waals surface area contributed by atoms with Crippen molar-refractivity contribution < 1.29 is 0 Å². The molecular formula is C15H28BrN3. The van der Waals surface area contributed by atoms with Crippen LogP contribution < -0.4 is 5.32 Å². The number of aryl methyl sites for hydroxylation is 2. The number of rotatable bonds is 7. The molecule has 0 aliphatic rings. The molecule has 0 fully saturated rings. The second-order valence-corrected chi connectivity index (χ2v) is 7.13. The van der Waals surface area contributed by atoms with Gasteiger partial charge < -0.3 is 5.32 Å². The first kappa shape index (κ1) is 16.7. The van der Waals surface area contributed by atoms with Crippen LogP contribution in [0.5, 0.6) is 0 Å². The molecule has 0 spiro atoms. The van der Waals surface area contributed by atoms with E-state index in [9.17, 15) is 0 Å². The Morgan fingerprint density at radius 3 is 2.47 bits per heavy atom. The SMILES string of the molecule is CCC(C)(CNCC(C)C)Cc1c(Br)c(C)nn1C. The fourth-order valence-electron chi connectivity index (χ4n) is 2.25. The molecule has 0 radical (unpaired) electrons. The minimum Gasteiger partial charge on any atom is -0.316 e. The number of nitrogens with zero attached hydrogens (tertiary/aromatic N) is 2. The first-order valence-corrected chi connectivity index (χ1v) is 7.97. The maximum atomic E-state index is 4.49. The summed E-state index contributed by atoms with van der Waals surface area (Å²) in [5.74, 6) is 0.701. The highest BCUT2D eigenvalue weighted by Crippen LogP contribution is 2.30. The molecule has 0 saturated carbocycles. The van der Waals surface area contributed by atoms with E-state index in [1.807, 2.05) is 18.7 Å². The lowest BCUT2D eigenvalue weighted by molar-refractivity contribution is 0.279. The Kier molecular flexibility index (Phi) is 6.06. The van der Waals surface area contributed by atoms with Crippen LogP contribution in [0.1, 0.15) is 45.5 Å². The molecule has 19 heavy (non-hydrogen) atoms. The molecule has 0 aliphatic heterocycles. The molecule has 0 saturated heterocycles. The summed E-state index contributed by atoms with van der Waals surface area (Å²) in [5.41, 5.74) is 2.65. The van der Waals surface area contributed by atoms with Crippen molar-refractivity contribution in [2.24, 2.45) is 18.4 Å². The van der Waals surface area contributed by atoms with Crippen LogP contribution in [0.4, 0.5) is 0 Å². The quantitative estimate of drug-likeness (QED) is 0.826. The lowest BCUT2D eigenvalue weighted by Gasteiger charge is -2.29. The molecule has 1 heterocycles. The lowest BCUT2D eigenvalue weighted by atomic mass is 9.82. The first-order chi connectivity index (χ1) is 8.79. The van der Waals surface area contributed by atoms with Crippen molar-refractivity contribution in [3.05, 3.63) is 15.9 Å². The summed E-state index contributed by atoms with van der Waals surface area (Å²) in [5, 5.41) is 8.08. The van der Waals surface area contributed by atoms with Gasteiger partial charge in [-0.05, 0) is 53.6 Å². The first-order valence-electron chi connectivity index (χ1n) is 7.17. The smallest absolute Gasteiger partial charge is 0.0738 e. The molecule has 1 N–H and O–H groups in total. The minimum absolute atomic E-state index is 0.275. The van der Waals surface area contributed by atoms with Crippen molar-refractivity contribution in [1.82, 2.24) is 15.1 Å². The molecule has 0 aromatic carbocycles. The second kappa shape index (κ2) is 6.89. The van der Waals surface area contributed by atoms with Gasteiger partial charge in [-0.2, -0.15) is 5.10 Å². The molecule has 0 bridgehead atoms. The minimum atomic E-state index is 0.275. The zero-order valence-corrected chi connectivity index (χ0v) is 14.8. The molecular weight excluding hydrogens is 302 g/mol.